The predicted octanol–water partition coefficient (Wildman–Crippen LogP) is 0.434. The summed E-state index contributed by atoms with van der Waals surface area (Å²) in [7, 11) is 1.26. The summed E-state index contributed by atoms with van der Waals surface area (Å²) >= 11 is 5.38. The van der Waals surface area contributed by atoms with Gasteiger partial charge in [-0.25, -0.2) is 4.79 Å². The van der Waals surface area contributed by atoms with Crippen LogP contribution in [0.1, 0.15) is 22.3 Å². The third kappa shape index (κ3) is 2.71. The standard InChI is InChI=1S/C9H12ClNO4/c1-15-9(14)6-3-2-5(11-6)8(13)7(12)4-10/h2-3,7-8,11-13H,4H2,1H3. The fourth-order valence-electron chi connectivity index (χ4n) is 1.11. The quantitative estimate of drug-likeness (QED) is 0.520. The van der Waals surface area contributed by atoms with Crippen LogP contribution >= 0.6 is 11.6 Å². The fourth-order valence-corrected chi connectivity index (χ4v) is 1.27. The van der Waals surface area contributed by atoms with Gasteiger partial charge in [-0.3, -0.25) is 0 Å². The van der Waals surface area contributed by atoms with Crippen molar-refractivity contribution in [3.8, 4) is 0 Å². The van der Waals surface area contributed by atoms with Gasteiger partial charge in [0.1, 0.15) is 11.8 Å². The number of halogens is 1. The molecule has 0 fully saturated rings. The zero-order valence-corrected chi connectivity index (χ0v) is 8.86. The topological polar surface area (TPSA) is 82.6 Å². The Labute approximate surface area is 91.6 Å². The lowest BCUT2D eigenvalue weighted by molar-refractivity contribution is 0.0300. The molecule has 0 aliphatic heterocycles. The summed E-state index contributed by atoms with van der Waals surface area (Å²) in [4.78, 5) is 13.7. The average Bonchev–Trinajstić information content (AvgIpc) is 2.75. The second-order valence-corrected chi connectivity index (χ2v) is 3.29. The van der Waals surface area contributed by atoms with E-state index in [0.29, 0.717) is 5.69 Å². The van der Waals surface area contributed by atoms with Gasteiger partial charge in [0.05, 0.1) is 19.1 Å². The lowest BCUT2D eigenvalue weighted by Gasteiger charge is -2.13. The molecule has 1 aromatic rings. The third-order valence-corrected chi connectivity index (χ3v) is 2.27. The molecule has 0 spiro atoms. The summed E-state index contributed by atoms with van der Waals surface area (Å²) in [5, 5.41) is 18.8. The number of rotatable bonds is 4. The maximum Gasteiger partial charge on any atom is 0.354 e. The normalized spacial score (nSPS) is 14.7. The molecule has 0 aromatic carbocycles. The Morgan fingerprint density at radius 1 is 1.60 bits per heavy atom. The van der Waals surface area contributed by atoms with Gasteiger partial charge in [-0.1, -0.05) is 0 Å². The van der Waals surface area contributed by atoms with E-state index in [1.54, 1.807) is 0 Å². The van der Waals surface area contributed by atoms with Crippen molar-refractivity contribution in [3.05, 3.63) is 23.5 Å². The molecule has 15 heavy (non-hydrogen) atoms. The first kappa shape index (κ1) is 12.0. The molecule has 0 aliphatic carbocycles. The summed E-state index contributed by atoms with van der Waals surface area (Å²) in [5.41, 5.74) is 0.539. The molecule has 1 rings (SSSR count). The molecule has 84 valence electrons. The van der Waals surface area contributed by atoms with Gasteiger partial charge in [0.2, 0.25) is 0 Å². The molecule has 3 N–H and O–H groups in total. The highest BCUT2D eigenvalue weighted by Crippen LogP contribution is 2.17. The SMILES string of the molecule is COC(=O)c1ccc(C(O)C(O)CCl)[nH]1. The highest BCUT2D eigenvalue weighted by molar-refractivity contribution is 6.18. The van der Waals surface area contributed by atoms with E-state index >= 15 is 0 Å². The minimum atomic E-state index is -1.14. The minimum Gasteiger partial charge on any atom is -0.464 e. The highest BCUT2D eigenvalue weighted by Gasteiger charge is 2.20. The van der Waals surface area contributed by atoms with Gasteiger partial charge in [0, 0.05) is 5.69 Å². The van der Waals surface area contributed by atoms with E-state index in [1.807, 2.05) is 0 Å². The van der Waals surface area contributed by atoms with E-state index in [-0.39, 0.29) is 11.6 Å². The molecular weight excluding hydrogens is 222 g/mol. The first-order valence-electron chi connectivity index (χ1n) is 4.29. The van der Waals surface area contributed by atoms with Crippen LogP contribution in [0.25, 0.3) is 0 Å². The number of alkyl halides is 1. The minimum absolute atomic E-state index is 0.0895. The Balaban J connectivity index is 2.79. The van der Waals surface area contributed by atoms with Gasteiger partial charge in [0.15, 0.2) is 0 Å². The Hall–Kier alpha value is -1.04. The van der Waals surface area contributed by atoms with Crippen LogP contribution in [-0.2, 0) is 4.74 Å². The summed E-state index contributed by atoms with van der Waals surface area (Å²) in [6, 6.07) is 2.96. The van der Waals surface area contributed by atoms with Crippen molar-refractivity contribution in [1.82, 2.24) is 4.98 Å². The zero-order chi connectivity index (χ0) is 11.4. The highest BCUT2D eigenvalue weighted by atomic mass is 35.5. The number of H-pyrrole nitrogens is 1. The molecule has 0 aliphatic rings. The molecule has 5 nitrogen and oxygen atoms in total. The molecule has 0 saturated carbocycles. The van der Waals surface area contributed by atoms with Gasteiger partial charge in [-0.15, -0.1) is 11.6 Å². The zero-order valence-electron chi connectivity index (χ0n) is 8.11. The number of aromatic amines is 1. The van der Waals surface area contributed by atoms with E-state index < -0.39 is 18.2 Å². The number of esters is 1. The molecule has 0 amide bonds. The number of nitrogens with one attached hydrogen (secondary N) is 1. The second kappa shape index (κ2) is 5.16. The largest absolute Gasteiger partial charge is 0.464 e. The Kier molecular flexibility index (Phi) is 4.14. The number of methoxy groups -OCH3 is 1. The van der Waals surface area contributed by atoms with Crippen LogP contribution in [0, 0.1) is 0 Å². The summed E-state index contributed by atoms with van der Waals surface area (Å²) in [6.45, 7) is 0. The number of aromatic nitrogens is 1. The number of carbonyl (C=O) groups is 1. The van der Waals surface area contributed by atoms with Crippen LogP contribution < -0.4 is 0 Å². The van der Waals surface area contributed by atoms with Crippen molar-refractivity contribution in [3.63, 3.8) is 0 Å². The third-order valence-electron chi connectivity index (χ3n) is 1.96. The van der Waals surface area contributed by atoms with E-state index in [1.165, 1.54) is 19.2 Å². The molecule has 0 bridgehead atoms. The Morgan fingerprint density at radius 2 is 2.27 bits per heavy atom. The van der Waals surface area contributed by atoms with Crippen molar-refractivity contribution in [1.29, 1.82) is 0 Å². The van der Waals surface area contributed by atoms with Crippen molar-refractivity contribution < 1.29 is 19.7 Å². The van der Waals surface area contributed by atoms with Gasteiger partial charge in [-0.2, -0.15) is 0 Å². The van der Waals surface area contributed by atoms with Gasteiger partial charge in [-0.05, 0) is 12.1 Å². The lowest BCUT2D eigenvalue weighted by Crippen LogP contribution is -2.20. The van der Waals surface area contributed by atoms with Crippen LogP contribution in [0.2, 0.25) is 0 Å². The molecule has 0 radical (unpaired) electrons. The summed E-state index contributed by atoms with van der Waals surface area (Å²) in [6.07, 6.45) is -2.21. The van der Waals surface area contributed by atoms with E-state index in [0.717, 1.165) is 0 Å². The number of hydrogen-bond donors (Lipinski definition) is 3. The fraction of sp³-hybridized carbons (Fsp3) is 0.444. The van der Waals surface area contributed by atoms with E-state index in [4.69, 9.17) is 11.6 Å². The monoisotopic (exact) mass is 233 g/mol. The molecule has 6 heteroatoms. The second-order valence-electron chi connectivity index (χ2n) is 2.99. The molecule has 1 heterocycles. The van der Waals surface area contributed by atoms with Gasteiger partial charge >= 0.3 is 5.97 Å². The number of hydrogen-bond acceptors (Lipinski definition) is 4. The molecular formula is C9H12ClNO4. The number of aliphatic hydroxyl groups excluding tert-OH is 2. The first-order valence-corrected chi connectivity index (χ1v) is 4.83. The first-order chi connectivity index (χ1) is 7.10. The molecule has 0 saturated heterocycles. The number of aliphatic hydroxyl groups is 2. The van der Waals surface area contributed by atoms with Gasteiger partial charge in [0.25, 0.3) is 0 Å². The van der Waals surface area contributed by atoms with Crippen molar-refractivity contribution in [2.45, 2.75) is 12.2 Å². The predicted molar refractivity (Wildman–Crippen MR) is 53.8 cm³/mol. The van der Waals surface area contributed by atoms with Gasteiger partial charge < -0.3 is 19.9 Å². The Bertz CT molecular complexity index is 339. The van der Waals surface area contributed by atoms with Crippen LogP contribution in [0.3, 0.4) is 0 Å². The number of carbonyl (C=O) groups excluding carboxylic acids is 1. The Morgan fingerprint density at radius 3 is 2.80 bits per heavy atom. The number of ether oxygens (including phenoxy) is 1. The van der Waals surface area contributed by atoms with Crippen molar-refractivity contribution in [2.24, 2.45) is 0 Å². The van der Waals surface area contributed by atoms with Crippen LogP contribution in [0.4, 0.5) is 0 Å². The summed E-state index contributed by atoms with van der Waals surface area (Å²) in [5.74, 6) is -0.623. The maximum absolute atomic E-state index is 11.1. The summed E-state index contributed by atoms with van der Waals surface area (Å²) < 4.78 is 4.48. The average molecular weight is 234 g/mol. The van der Waals surface area contributed by atoms with Crippen LogP contribution in [-0.4, -0.2) is 40.3 Å². The lowest BCUT2D eigenvalue weighted by atomic mass is 10.2. The van der Waals surface area contributed by atoms with Crippen LogP contribution in [0.5, 0.6) is 0 Å². The molecule has 2 unspecified atom stereocenters. The van der Waals surface area contributed by atoms with Crippen LogP contribution in [0.15, 0.2) is 12.1 Å². The van der Waals surface area contributed by atoms with Crippen molar-refractivity contribution >= 4 is 17.6 Å². The van der Waals surface area contributed by atoms with E-state index in [9.17, 15) is 15.0 Å². The smallest absolute Gasteiger partial charge is 0.354 e. The van der Waals surface area contributed by atoms with Crippen molar-refractivity contribution in [2.75, 3.05) is 13.0 Å². The molecule has 1 aromatic heterocycles. The maximum atomic E-state index is 11.1. The molecule has 2 atom stereocenters. The van der Waals surface area contributed by atoms with E-state index in [2.05, 4.69) is 9.72 Å².